The van der Waals surface area contributed by atoms with E-state index in [1.165, 1.54) is 4.88 Å². The number of nitrogens with zero attached hydrogens (tertiary/aromatic N) is 3. The van der Waals surface area contributed by atoms with Gasteiger partial charge in [-0.25, -0.2) is 0 Å². The minimum atomic E-state index is -0.0125. The van der Waals surface area contributed by atoms with E-state index < -0.39 is 0 Å². The van der Waals surface area contributed by atoms with Crippen LogP contribution in [0.3, 0.4) is 0 Å². The molecule has 0 aliphatic heterocycles. The van der Waals surface area contributed by atoms with Gasteiger partial charge in [0, 0.05) is 16.8 Å². The molecule has 104 valence electrons. The molecule has 2 aromatic rings. The smallest absolute Gasteiger partial charge is 0.166 e. The van der Waals surface area contributed by atoms with Crippen LogP contribution >= 0.6 is 11.3 Å². The molecule has 1 N–H and O–H groups in total. The molecule has 0 unspecified atom stereocenters. The molecule has 5 heteroatoms. The summed E-state index contributed by atoms with van der Waals surface area (Å²) in [5.41, 5.74) is 2.25. The molecule has 20 heavy (non-hydrogen) atoms. The van der Waals surface area contributed by atoms with E-state index in [-0.39, 0.29) is 5.41 Å². The van der Waals surface area contributed by atoms with E-state index >= 15 is 0 Å². The molecule has 0 aromatic carbocycles. The maximum Gasteiger partial charge on any atom is 0.166 e. The molecular weight excluding hydrogens is 268 g/mol. The van der Waals surface area contributed by atoms with Gasteiger partial charge in [0.2, 0.25) is 0 Å². The Hall–Kier alpha value is -1.93. The van der Waals surface area contributed by atoms with Crippen molar-refractivity contribution in [3.63, 3.8) is 0 Å². The average Bonchev–Trinajstić information content (AvgIpc) is 2.95. The lowest BCUT2D eigenvalue weighted by atomic mass is 9.91. The highest BCUT2D eigenvalue weighted by atomic mass is 32.1. The average molecular weight is 286 g/mol. The Kier molecular flexibility index (Phi) is 4.05. The maximum atomic E-state index is 9.28. The SMILES string of the molecule is Cc1nnc(NCC(C)(C)c2cccs2)c(C#N)c1C. The van der Waals surface area contributed by atoms with E-state index in [9.17, 15) is 5.26 Å². The summed E-state index contributed by atoms with van der Waals surface area (Å²) in [6, 6.07) is 6.40. The Morgan fingerprint density at radius 2 is 2.10 bits per heavy atom. The topological polar surface area (TPSA) is 61.6 Å². The predicted molar refractivity (Wildman–Crippen MR) is 82.1 cm³/mol. The number of nitriles is 1. The second kappa shape index (κ2) is 5.59. The van der Waals surface area contributed by atoms with Crippen molar-refractivity contribution in [3.05, 3.63) is 39.2 Å². The van der Waals surface area contributed by atoms with Crippen LogP contribution in [0.25, 0.3) is 0 Å². The molecule has 0 aliphatic carbocycles. The monoisotopic (exact) mass is 286 g/mol. The molecule has 2 heterocycles. The number of anilines is 1. The zero-order valence-corrected chi connectivity index (χ0v) is 13.0. The Morgan fingerprint density at radius 1 is 1.35 bits per heavy atom. The molecule has 0 bridgehead atoms. The van der Waals surface area contributed by atoms with Crippen LogP contribution in [0.2, 0.25) is 0 Å². The molecule has 0 atom stereocenters. The van der Waals surface area contributed by atoms with Crippen LogP contribution in [0.4, 0.5) is 5.82 Å². The largest absolute Gasteiger partial charge is 0.367 e. The Balaban J connectivity index is 2.20. The van der Waals surface area contributed by atoms with Crippen LogP contribution in [-0.4, -0.2) is 16.7 Å². The van der Waals surface area contributed by atoms with Gasteiger partial charge in [-0.2, -0.15) is 10.4 Å². The van der Waals surface area contributed by atoms with Gasteiger partial charge in [-0.05, 0) is 30.9 Å². The zero-order chi connectivity index (χ0) is 14.8. The van der Waals surface area contributed by atoms with Gasteiger partial charge in [-0.1, -0.05) is 19.9 Å². The first-order chi connectivity index (χ1) is 9.45. The fourth-order valence-electron chi connectivity index (χ4n) is 1.92. The summed E-state index contributed by atoms with van der Waals surface area (Å²) in [5.74, 6) is 0.570. The molecule has 0 saturated heterocycles. The van der Waals surface area contributed by atoms with Gasteiger partial charge in [0.05, 0.1) is 5.69 Å². The first kappa shape index (κ1) is 14.5. The molecule has 0 radical (unpaired) electrons. The normalized spacial score (nSPS) is 11.2. The zero-order valence-electron chi connectivity index (χ0n) is 12.2. The van der Waals surface area contributed by atoms with Crippen molar-refractivity contribution in [1.82, 2.24) is 10.2 Å². The second-order valence-corrected chi connectivity index (χ2v) is 6.41. The molecule has 0 saturated carbocycles. The van der Waals surface area contributed by atoms with Crippen LogP contribution in [0.1, 0.15) is 35.5 Å². The van der Waals surface area contributed by atoms with Crippen LogP contribution in [0, 0.1) is 25.2 Å². The summed E-state index contributed by atoms with van der Waals surface area (Å²) in [6.07, 6.45) is 0. The van der Waals surface area contributed by atoms with Crippen molar-refractivity contribution in [2.75, 3.05) is 11.9 Å². The van der Waals surface area contributed by atoms with Gasteiger partial charge < -0.3 is 5.32 Å². The van der Waals surface area contributed by atoms with Gasteiger partial charge in [0.1, 0.15) is 11.6 Å². The number of aromatic nitrogens is 2. The summed E-state index contributed by atoms with van der Waals surface area (Å²) in [5, 5.41) is 22.8. The molecule has 0 aliphatic rings. The third kappa shape index (κ3) is 2.81. The van der Waals surface area contributed by atoms with Crippen LogP contribution in [-0.2, 0) is 5.41 Å². The number of thiophene rings is 1. The third-order valence-electron chi connectivity index (χ3n) is 3.45. The van der Waals surface area contributed by atoms with Crippen LogP contribution in [0.5, 0.6) is 0 Å². The van der Waals surface area contributed by atoms with Gasteiger partial charge >= 0.3 is 0 Å². The lowest BCUT2D eigenvalue weighted by molar-refractivity contribution is 0.567. The van der Waals surface area contributed by atoms with E-state index in [0.29, 0.717) is 17.9 Å². The maximum absolute atomic E-state index is 9.28. The van der Waals surface area contributed by atoms with Gasteiger partial charge in [0.25, 0.3) is 0 Å². The van der Waals surface area contributed by atoms with E-state index in [4.69, 9.17) is 0 Å². The van der Waals surface area contributed by atoms with Gasteiger partial charge in [-0.3, -0.25) is 0 Å². The third-order valence-corrected chi connectivity index (χ3v) is 4.69. The van der Waals surface area contributed by atoms with E-state index in [1.807, 2.05) is 13.8 Å². The van der Waals surface area contributed by atoms with Crippen molar-refractivity contribution in [2.45, 2.75) is 33.1 Å². The summed E-state index contributed by atoms with van der Waals surface area (Å²) in [7, 11) is 0. The highest BCUT2D eigenvalue weighted by Gasteiger charge is 2.22. The molecule has 4 nitrogen and oxygen atoms in total. The molecule has 2 aromatic heterocycles. The highest BCUT2D eigenvalue weighted by molar-refractivity contribution is 7.10. The number of aryl methyl sites for hydroxylation is 1. The number of hydrogen-bond acceptors (Lipinski definition) is 5. The minimum absolute atomic E-state index is 0.0125. The molecule has 0 spiro atoms. The standard InChI is InChI=1S/C15H18N4S/c1-10-11(2)18-19-14(12(10)8-16)17-9-15(3,4)13-6-5-7-20-13/h5-7H,9H2,1-4H3,(H,17,19). The fourth-order valence-corrected chi connectivity index (χ4v) is 2.78. The Morgan fingerprint density at radius 3 is 2.70 bits per heavy atom. The van der Waals surface area contributed by atoms with Crippen molar-refractivity contribution in [1.29, 1.82) is 5.26 Å². The van der Waals surface area contributed by atoms with Gasteiger partial charge in [-0.15, -0.1) is 16.4 Å². The predicted octanol–water partition coefficient (Wildman–Crippen LogP) is 3.42. The lowest BCUT2D eigenvalue weighted by Gasteiger charge is -2.24. The molecule has 0 amide bonds. The van der Waals surface area contributed by atoms with Crippen LogP contribution in [0.15, 0.2) is 17.5 Å². The summed E-state index contributed by atoms with van der Waals surface area (Å²) >= 11 is 1.74. The molecule has 0 fully saturated rings. The summed E-state index contributed by atoms with van der Waals surface area (Å²) in [4.78, 5) is 1.31. The van der Waals surface area contributed by atoms with Crippen molar-refractivity contribution in [2.24, 2.45) is 0 Å². The van der Waals surface area contributed by atoms with E-state index in [0.717, 1.165) is 11.3 Å². The van der Waals surface area contributed by atoms with Gasteiger partial charge in [0.15, 0.2) is 5.82 Å². The highest BCUT2D eigenvalue weighted by Crippen LogP contribution is 2.28. The molecular formula is C15H18N4S. The van der Waals surface area contributed by atoms with Crippen LogP contribution < -0.4 is 5.32 Å². The summed E-state index contributed by atoms with van der Waals surface area (Å²) < 4.78 is 0. The van der Waals surface area contributed by atoms with Crippen molar-refractivity contribution in [3.8, 4) is 6.07 Å². The van der Waals surface area contributed by atoms with Crippen molar-refractivity contribution >= 4 is 17.2 Å². The van der Waals surface area contributed by atoms with E-state index in [2.05, 4.69) is 52.9 Å². The fraction of sp³-hybridized carbons (Fsp3) is 0.400. The number of rotatable bonds is 4. The summed E-state index contributed by atoms with van der Waals surface area (Å²) in [6.45, 7) is 8.82. The second-order valence-electron chi connectivity index (χ2n) is 5.46. The number of hydrogen-bond donors (Lipinski definition) is 1. The first-order valence-corrected chi connectivity index (χ1v) is 7.35. The Labute approximate surface area is 123 Å². The first-order valence-electron chi connectivity index (χ1n) is 6.47. The quantitative estimate of drug-likeness (QED) is 0.935. The number of nitrogens with one attached hydrogen (secondary N) is 1. The molecule has 2 rings (SSSR count). The van der Waals surface area contributed by atoms with Crippen molar-refractivity contribution < 1.29 is 0 Å². The lowest BCUT2D eigenvalue weighted by Crippen LogP contribution is -2.27. The Bertz CT molecular complexity index is 639. The minimum Gasteiger partial charge on any atom is -0.367 e. The van der Waals surface area contributed by atoms with E-state index in [1.54, 1.807) is 11.3 Å².